The average molecular weight is 311 g/mol. The van der Waals surface area contributed by atoms with E-state index in [9.17, 15) is 4.79 Å². The lowest BCUT2D eigenvalue weighted by molar-refractivity contribution is 0.0921. The zero-order valence-electron chi connectivity index (χ0n) is 13.7. The normalized spacial score (nSPS) is 21.1. The Bertz CT molecular complexity index is 627. The third-order valence-electron chi connectivity index (χ3n) is 4.84. The Kier molecular flexibility index (Phi) is 5.11. The number of aromatic nitrogens is 2. The van der Waals surface area contributed by atoms with Crippen LogP contribution in [0.4, 0.5) is 0 Å². The zero-order chi connectivity index (χ0) is 16.1. The van der Waals surface area contributed by atoms with Crippen LogP contribution < -0.4 is 5.32 Å². The number of nitrogens with zero attached hydrogens (tertiary/aromatic N) is 2. The number of carbonyl (C=O) groups excluding carboxylic acids is 1. The van der Waals surface area contributed by atoms with E-state index < -0.39 is 0 Å². The third-order valence-corrected chi connectivity index (χ3v) is 4.84. The first-order valence-corrected chi connectivity index (χ1v) is 8.62. The lowest BCUT2D eigenvalue weighted by Gasteiger charge is -2.28. The van der Waals surface area contributed by atoms with Gasteiger partial charge in [0, 0.05) is 12.2 Å². The molecule has 1 aromatic carbocycles. The summed E-state index contributed by atoms with van der Waals surface area (Å²) < 4.78 is 1.82. The number of nitrogens with one attached hydrogen (secondary N) is 1. The lowest BCUT2D eigenvalue weighted by atomic mass is 9.84. The van der Waals surface area contributed by atoms with Crippen LogP contribution in [-0.2, 0) is 6.54 Å². The largest absolute Gasteiger partial charge is 0.349 e. The zero-order valence-corrected chi connectivity index (χ0v) is 13.7. The Morgan fingerprint density at radius 2 is 1.96 bits per heavy atom. The molecule has 1 amide bonds. The molecule has 0 unspecified atom stereocenters. The Labute approximate surface area is 137 Å². The predicted octanol–water partition coefficient (Wildman–Crippen LogP) is 3.63. The fourth-order valence-electron chi connectivity index (χ4n) is 3.32. The molecule has 1 aliphatic rings. The van der Waals surface area contributed by atoms with Crippen LogP contribution in [0.1, 0.15) is 54.9 Å². The molecule has 2 aromatic rings. The molecule has 0 radical (unpaired) electrons. The van der Waals surface area contributed by atoms with Crippen molar-refractivity contribution in [3.05, 3.63) is 53.9 Å². The van der Waals surface area contributed by atoms with Gasteiger partial charge in [-0.15, -0.1) is 0 Å². The van der Waals surface area contributed by atoms with Crippen molar-refractivity contribution >= 4 is 5.91 Å². The molecule has 0 bridgehead atoms. The van der Waals surface area contributed by atoms with Crippen molar-refractivity contribution in [1.82, 2.24) is 15.1 Å². The summed E-state index contributed by atoms with van der Waals surface area (Å²) in [6.45, 7) is 2.94. The second-order valence-corrected chi connectivity index (χ2v) is 6.51. The van der Waals surface area contributed by atoms with Gasteiger partial charge in [-0.05, 0) is 37.2 Å². The quantitative estimate of drug-likeness (QED) is 0.916. The first kappa shape index (κ1) is 15.8. The summed E-state index contributed by atoms with van der Waals surface area (Å²) >= 11 is 0. The maximum Gasteiger partial charge on any atom is 0.254 e. The highest BCUT2D eigenvalue weighted by Gasteiger charge is 2.22. The first-order chi connectivity index (χ1) is 11.2. The second kappa shape index (κ2) is 7.44. The van der Waals surface area contributed by atoms with Gasteiger partial charge in [0.25, 0.3) is 5.91 Å². The van der Waals surface area contributed by atoms with Crippen LogP contribution in [0.3, 0.4) is 0 Å². The summed E-state index contributed by atoms with van der Waals surface area (Å²) in [5.41, 5.74) is 1.83. The molecule has 1 aliphatic carbocycles. The second-order valence-electron chi connectivity index (χ2n) is 6.51. The van der Waals surface area contributed by atoms with Gasteiger partial charge in [-0.1, -0.05) is 43.7 Å². The number of rotatable bonds is 5. The molecule has 0 atom stereocenters. The van der Waals surface area contributed by atoms with Gasteiger partial charge in [-0.3, -0.25) is 9.48 Å². The van der Waals surface area contributed by atoms with E-state index in [0.29, 0.717) is 18.2 Å². The molecule has 23 heavy (non-hydrogen) atoms. The van der Waals surface area contributed by atoms with Crippen molar-refractivity contribution in [2.45, 2.75) is 51.6 Å². The van der Waals surface area contributed by atoms with Gasteiger partial charge in [0.2, 0.25) is 0 Å². The third kappa shape index (κ3) is 4.21. The van der Waals surface area contributed by atoms with Crippen molar-refractivity contribution in [2.75, 3.05) is 0 Å². The molecule has 0 saturated heterocycles. The summed E-state index contributed by atoms with van der Waals surface area (Å²) in [7, 11) is 0. The number of amides is 1. The fourth-order valence-corrected chi connectivity index (χ4v) is 3.32. The maximum atomic E-state index is 12.4. The maximum absolute atomic E-state index is 12.4. The summed E-state index contributed by atoms with van der Waals surface area (Å²) in [5, 5.41) is 7.47. The molecule has 1 saturated carbocycles. The van der Waals surface area contributed by atoms with Gasteiger partial charge < -0.3 is 5.32 Å². The van der Waals surface area contributed by atoms with Gasteiger partial charge >= 0.3 is 0 Å². The molecule has 0 spiro atoms. The Hall–Kier alpha value is -2.10. The number of hydrogen-bond donors (Lipinski definition) is 1. The van der Waals surface area contributed by atoms with E-state index in [1.807, 2.05) is 29.1 Å². The van der Waals surface area contributed by atoms with Crippen molar-refractivity contribution in [3.63, 3.8) is 0 Å². The fraction of sp³-hybridized carbons (Fsp3) is 0.474. The van der Waals surface area contributed by atoms with Crippen molar-refractivity contribution in [2.24, 2.45) is 5.92 Å². The molecule has 0 aliphatic heterocycles. The van der Waals surface area contributed by atoms with E-state index in [2.05, 4.69) is 29.5 Å². The number of hydrogen-bond acceptors (Lipinski definition) is 2. The molecular formula is C19H25N3O. The van der Waals surface area contributed by atoms with Gasteiger partial charge in [-0.2, -0.15) is 5.10 Å². The van der Waals surface area contributed by atoms with Gasteiger partial charge in [-0.25, -0.2) is 0 Å². The molecule has 122 valence electrons. The topological polar surface area (TPSA) is 46.9 Å². The molecule has 1 heterocycles. The van der Waals surface area contributed by atoms with Crippen LogP contribution in [0.5, 0.6) is 0 Å². The van der Waals surface area contributed by atoms with Crippen LogP contribution in [0.2, 0.25) is 0 Å². The summed E-state index contributed by atoms with van der Waals surface area (Å²) in [4.78, 5) is 12.4. The molecule has 3 rings (SSSR count). The van der Waals surface area contributed by atoms with Gasteiger partial charge in [0.1, 0.15) is 0 Å². The summed E-state index contributed by atoms with van der Waals surface area (Å²) in [5.74, 6) is 0.848. The predicted molar refractivity (Wildman–Crippen MR) is 91.3 cm³/mol. The molecule has 1 fully saturated rings. The Morgan fingerprint density at radius 3 is 2.65 bits per heavy atom. The first-order valence-electron chi connectivity index (χ1n) is 8.62. The van der Waals surface area contributed by atoms with E-state index in [-0.39, 0.29) is 5.91 Å². The minimum atomic E-state index is 0.00394. The SMILES string of the molecule is CCC1CCC(NC(=O)c2cnn(Cc3ccccc3)c2)CC1. The molecule has 4 heteroatoms. The minimum Gasteiger partial charge on any atom is -0.349 e. The molecule has 1 aromatic heterocycles. The van der Waals surface area contributed by atoms with Crippen molar-refractivity contribution in [3.8, 4) is 0 Å². The summed E-state index contributed by atoms with van der Waals surface area (Å²) in [6, 6.07) is 10.5. The molecular weight excluding hydrogens is 286 g/mol. The van der Waals surface area contributed by atoms with E-state index in [1.54, 1.807) is 6.20 Å². The van der Waals surface area contributed by atoms with Crippen LogP contribution >= 0.6 is 0 Å². The average Bonchev–Trinajstić information content (AvgIpc) is 3.05. The van der Waals surface area contributed by atoms with Crippen LogP contribution in [0, 0.1) is 5.92 Å². The van der Waals surface area contributed by atoms with E-state index in [1.165, 1.54) is 24.8 Å². The van der Waals surface area contributed by atoms with Crippen molar-refractivity contribution < 1.29 is 4.79 Å². The summed E-state index contributed by atoms with van der Waals surface area (Å²) in [6.07, 6.45) is 9.41. The molecule has 1 N–H and O–H groups in total. The van der Waals surface area contributed by atoms with E-state index >= 15 is 0 Å². The van der Waals surface area contributed by atoms with Gasteiger partial charge in [0.15, 0.2) is 0 Å². The highest BCUT2D eigenvalue weighted by atomic mass is 16.1. The number of carbonyl (C=O) groups is 1. The van der Waals surface area contributed by atoms with E-state index in [0.717, 1.165) is 18.8 Å². The number of benzene rings is 1. The minimum absolute atomic E-state index is 0.00394. The Morgan fingerprint density at radius 1 is 1.22 bits per heavy atom. The monoisotopic (exact) mass is 311 g/mol. The van der Waals surface area contributed by atoms with Crippen molar-refractivity contribution in [1.29, 1.82) is 0 Å². The van der Waals surface area contributed by atoms with Crippen LogP contribution in [0.15, 0.2) is 42.7 Å². The lowest BCUT2D eigenvalue weighted by Crippen LogP contribution is -2.37. The smallest absolute Gasteiger partial charge is 0.254 e. The standard InChI is InChI=1S/C19H25N3O/c1-2-15-8-10-18(11-9-15)21-19(23)17-12-20-22(14-17)13-16-6-4-3-5-7-16/h3-7,12,14-15,18H,2,8-11,13H2,1H3,(H,21,23). The highest BCUT2D eigenvalue weighted by molar-refractivity contribution is 5.93. The van der Waals surface area contributed by atoms with E-state index in [4.69, 9.17) is 0 Å². The van der Waals surface area contributed by atoms with Crippen LogP contribution in [0.25, 0.3) is 0 Å². The van der Waals surface area contributed by atoms with Gasteiger partial charge in [0.05, 0.1) is 18.3 Å². The molecule has 4 nitrogen and oxygen atoms in total. The highest BCUT2D eigenvalue weighted by Crippen LogP contribution is 2.26. The Balaban J connectivity index is 1.54. The van der Waals surface area contributed by atoms with Crippen LogP contribution in [-0.4, -0.2) is 21.7 Å².